The number of hydrogen-bond acceptors (Lipinski definition) is 1. The van der Waals surface area contributed by atoms with Crippen molar-refractivity contribution in [3.8, 4) is 0 Å². The van der Waals surface area contributed by atoms with E-state index in [0.717, 1.165) is 6.54 Å². The molecule has 0 N–H and O–H groups in total. The Morgan fingerprint density at radius 2 is 1.73 bits per heavy atom. The van der Waals surface area contributed by atoms with Gasteiger partial charge in [0.05, 0.1) is 0 Å². The van der Waals surface area contributed by atoms with E-state index in [2.05, 4.69) is 0 Å². The maximum absolute atomic E-state index is 12.5. The topological polar surface area (TPSA) is 3.24 Å². The highest BCUT2D eigenvalue weighted by Gasteiger charge is 2.04. The summed E-state index contributed by atoms with van der Waals surface area (Å²) in [5.41, 5.74) is 0. The minimum absolute atomic E-state index is 0.576. The molecule has 0 spiro atoms. The van der Waals surface area contributed by atoms with Crippen molar-refractivity contribution in [2.45, 2.75) is 40.3 Å². The lowest BCUT2D eigenvalue weighted by Gasteiger charge is -2.15. The van der Waals surface area contributed by atoms with Crippen molar-refractivity contribution < 1.29 is 4.39 Å². The van der Waals surface area contributed by atoms with Crippen LogP contribution in [0.2, 0.25) is 0 Å². The summed E-state index contributed by atoms with van der Waals surface area (Å²) in [5, 5.41) is 0. The molecule has 0 bridgehead atoms. The molecule has 0 aliphatic heterocycles. The lowest BCUT2D eigenvalue weighted by molar-refractivity contribution is 0.222. The molecule has 0 aromatic carbocycles. The van der Waals surface area contributed by atoms with Crippen LogP contribution in [0.4, 0.5) is 4.39 Å². The Labute approximate surface area is 70.6 Å². The normalized spacial score (nSPS) is 12.3. The van der Waals surface area contributed by atoms with Gasteiger partial charge < -0.3 is 4.90 Å². The molecule has 0 rings (SSSR count). The Kier molecular flexibility index (Phi) is 12.1. The molecule has 0 saturated heterocycles. The van der Waals surface area contributed by atoms with Crippen molar-refractivity contribution in [2.75, 3.05) is 20.1 Å². The first kappa shape index (κ1) is 13.5. The molecule has 0 aliphatic carbocycles. The Balaban J connectivity index is 0. The van der Waals surface area contributed by atoms with Crippen molar-refractivity contribution in [2.24, 2.45) is 0 Å². The minimum Gasteiger partial charge on any atom is -0.304 e. The van der Waals surface area contributed by atoms with Gasteiger partial charge in [-0.25, -0.2) is 4.39 Å². The standard InChI is InChI=1S/C7H16FN.C2H6/c1-4-7(8)6-9(3)5-2;1-2/h7H,4-6H2,1-3H3;1-2H3. The summed E-state index contributed by atoms with van der Waals surface area (Å²) in [6, 6.07) is 0. The van der Waals surface area contributed by atoms with Crippen molar-refractivity contribution >= 4 is 0 Å². The van der Waals surface area contributed by atoms with Gasteiger partial charge in [-0.3, -0.25) is 0 Å². The van der Waals surface area contributed by atoms with Gasteiger partial charge in [0, 0.05) is 6.54 Å². The molecular weight excluding hydrogens is 141 g/mol. The van der Waals surface area contributed by atoms with Gasteiger partial charge in [-0.15, -0.1) is 0 Å². The SMILES string of the molecule is CC.CCC(F)CN(C)CC. The molecule has 1 nitrogen and oxygen atoms in total. The number of rotatable bonds is 4. The van der Waals surface area contributed by atoms with Gasteiger partial charge in [-0.1, -0.05) is 27.7 Å². The van der Waals surface area contributed by atoms with E-state index in [4.69, 9.17) is 0 Å². The summed E-state index contributed by atoms with van der Waals surface area (Å²) in [6.07, 6.45) is -0.0143. The Bertz CT molecular complexity index is 58.6. The van der Waals surface area contributed by atoms with Crippen LogP contribution in [0.1, 0.15) is 34.1 Å². The number of halogens is 1. The van der Waals surface area contributed by atoms with Gasteiger partial charge in [-0.2, -0.15) is 0 Å². The van der Waals surface area contributed by atoms with E-state index in [-0.39, 0.29) is 0 Å². The van der Waals surface area contributed by atoms with Crippen LogP contribution >= 0.6 is 0 Å². The van der Waals surface area contributed by atoms with Gasteiger partial charge in [0.15, 0.2) is 0 Å². The van der Waals surface area contributed by atoms with Gasteiger partial charge in [-0.05, 0) is 20.0 Å². The van der Waals surface area contributed by atoms with Crippen molar-refractivity contribution in [1.29, 1.82) is 0 Å². The summed E-state index contributed by atoms with van der Waals surface area (Å²) in [5.74, 6) is 0. The van der Waals surface area contributed by atoms with Crippen LogP contribution in [0.3, 0.4) is 0 Å². The molecule has 0 heterocycles. The first-order chi connectivity index (χ1) is 5.20. The fourth-order valence-electron chi connectivity index (χ4n) is 0.596. The van der Waals surface area contributed by atoms with Crippen LogP contribution in [-0.4, -0.2) is 31.2 Å². The van der Waals surface area contributed by atoms with Crippen LogP contribution in [0.15, 0.2) is 0 Å². The molecule has 1 atom stereocenters. The Hall–Kier alpha value is -0.110. The van der Waals surface area contributed by atoms with E-state index in [9.17, 15) is 4.39 Å². The lowest BCUT2D eigenvalue weighted by Crippen LogP contribution is -2.25. The van der Waals surface area contributed by atoms with Crippen LogP contribution < -0.4 is 0 Å². The van der Waals surface area contributed by atoms with Crippen LogP contribution in [-0.2, 0) is 0 Å². The molecule has 0 aliphatic rings. The summed E-state index contributed by atoms with van der Waals surface area (Å²) < 4.78 is 12.5. The molecule has 2 heteroatoms. The van der Waals surface area contributed by atoms with E-state index in [1.807, 2.05) is 39.6 Å². The number of alkyl halides is 1. The third-order valence-corrected chi connectivity index (χ3v) is 1.49. The monoisotopic (exact) mass is 163 g/mol. The van der Waals surface area contributed by atoms with Crippen molar-refractivity contribution in [3.63, 3.8) is 0 Å². The summed E-state index contributed by atoms with van der Waals surface area (Å²) in [6.45, 7) is 9.41. The van der Waals surface area contributed by atoms with E-state index >= 15 is 0 Å². The molecule has 1 unspecified atom stereocenters. The maximum atomic E-state index is 12.5. The quantitative estimate of drug-likeness (QED) is 0.616. The predicted octanol–water partition coefficient (Wildman–Crippen LogP) is 2.71. The second kappa shape index (κ2) is 9.89. The summed E-state index contributed by atoms with van der Waals surface area (Å²) in [4.78, 5) is 1.98. The van der Waals surface area contributed by atoms with Crippen LogP contribution in [0.25, 0.3) is 0 Å². The summed E-state index contributed by atoms with van der Waals surface area (Å²) in [7, 11) is 1.93. The highest BCUT2D eigenvalue weighted by atomic mass is 19.1. The molecule has 0 saturated carbocycles. The van der Waals surface area contributed by atoms with Crippen LogP contribution in [0.5, 0.6) is 0 Å². The highest BCUT2D eigenvalue weighted by Crippen LogP contribution is 1.97. The predicted molar refractivity (Wildman–Crippen MR) is 49.7 cm³/mol. The second-order valence-corrected chi connectivity index (χ2v) is 2.36. The smallest absolute Gasteiger partial charge is 0.112 e. The van der Waals surface area contributed by atoms with E-state index < -0.39 is 6.17 Å². The van der Waals surface area contributed by atoms with E-state index in [1.165, 1.54) is 0 Å². The highest BCUT2D eigenvalue weighted by molar-refractivity contribution is 4.57. The third kappa shape index (κ3) is 9.89. The zero-order chi connectivity index (χ0) is 9.28. The molecular formula is C9H22FN. The Morgan fingerprint density at radius 1 is 1.27 bits per heavy atom. The number of nitrogens with zero attached hydrogens (tertiary/aromatic N) is 1. The van der Waals surface area contributed by atoms with Gasteiger partial charge in [0.2, 0.25) is 0 Å². The molecule has 0 aromatic rings. The van der Waals surface area contributed by atoms with E-state index in [1.54, 1.807) is 0 Å². The lowest BCUT2D eigenvalue weighted by atomic mass is 10.3. The van der Waals surface area contributed by atoms with Crippen LogP contribution in [0, 0.1) is 0 Å². The number of hydrogen-bond donors (Lipinski definition) is 0. The van der Waals surface area contributed by atoms with Gasteiger partial charge in [0.1, 0.15) is 6.17 Å². The molecule has 70 valence electrons. The maximum Gasteiger partial charge on any atom is 0.112 e. The van der Waals surface area contributed by atoms with Gasteiger partial charge in [0.25, 0.3) is 0 Å². The first-order valence-electron chi connectivity index (χ1n) is 4.53. The second-order valence-electron chi connectivity index (χ2n) is 2.36. The molecule has 0 aromatic heterocycles. The average molecular weight is 163 g/mol. The van der Waals surface area contributed by atoms with Crippen molar-refractivity contribution in [3.05, 3.63) is 0 Å². The first-order valence-corrected chi connectivity index (χ1v) is 4.53. The zero-order valence-electron chi connectivity index (χ0n) is 8.52. The average Bonchev–Trinajstić information content (AvgIpc) is 2.07. The molecule has 0 amide bonds. The molecule has 11 heavy (non-hydrogen) atoms. The largest absolute Gasteiger partial charge is 0.304 e. The zero-order valence-corrected chi connectivity index (χ0v) is 8.52. The van der Waals surface area contributed by atoms with Crippen molar-refractivity contribution in [1.82, 2.24) is 4.90 Å². The fourth-order valence-corrected chi connectivity index (χ4v) is 0.596. The Morgan fingerprint density at radius 3 is 2.00 bits per heavy atom. The minimum atomic E-state index is -0.644. The van der Waals surface area contributed by atoms with Gasteiger partial charge >= 0.3 is 0 Å². The summed E-state index contributed by atoms with van der Waals surface area (Å²) >= 11 is 0. The third-order valence-electron chi connectivity index (χ3n) is 1.49. The fraction of sp³-hybridized carbons (Fsp3) is 1.00. The molecule has 0 fully saturated rings. The van der Waals surface area contributed by atoms with E-state index in [0.29, 0.717) is 13.0 Å². The molecule has 0 radical (unpaired) electrons.